The molecule has 0 atom stereocenters. The Morgan fingerprint density at radius 2 is 1.86 bits per heavy atom. The molecule has 29 heavy (non-hydrogen) atoms. The lowest BCUT2D eigenvalue weighted by molar-refractivity contribution is 0.101. The van der Waals surface area contributed by atoms with Gasteiger partial charge in [0.25, 0.3) is 11.5 Å². The summed E-state index contributed by atoms with van der Waals surface area (Å²) in [5, 5.41) is 6.92. The summed E-state index contributed by atoms with van der Waals surface area (Å²) in [6, 6.07) is 16.8. The minimum absolute atomic E-state index is 0.176. The Morgan fingerprint density at radius 3 is 2.59 bits per heavy atom. The van der Waals surface area contributed by atoms with Gasteiger partial charge in [-0.1, -0.05) is 23.9 Å². The van der Waals surface area contributed by atoms with Gasteiger partial charge in [0.2, 0.25) is 0 Å². The molecule has 0 spiro atoms. The molecule has 3 aromatic rings. The molecule has 1 aromatic heterocycles. The van der Waals surface area contributed by atoms with Gasteiger partial charge in [-0.25, -0.2) is 4.68 Å². The van der Waals surface area contributed by atoms with Crippen molar-refractivity contribution in [2.24, 2.45) is 0 Å². The summed E-state index contributed by atoms with van der Waals surface area (Å²) < 4.78 is 6.19. The van der Waals surface area contributed by atoms with Crippen LogP contribution < -0.4 is 10.9 Å². The van der Waals surface area contributed by atoms with Crippen molar-refractivity contribution in [1.29, 1.82) is 0 Å². The third-order valence-corrected chi connectivity index (χ3v) is 5.46. The van der Waals surface area contributed by atoms with Gasteiger partial charge in [-0.3, -0.25) is 9.59 Å². The molecule has 0 saturated carbocycles. The van der Waals surface area contributed by atoms with Crippen molar-refractivity contribution in [3.8, 4) is 0 Å². The fourth-order valence-electron chi connectivity index (χ4n) is 2.65. The lowest BCUT2D eigenvalue weighted by Gasteiger charge is -2.09. The number of nitrogens with zero attached hydrogens (tertiary/aromatic N) is 2. The molecular weight excluding hydrogens is 386 g/mol. The first-order valence-electron chi connectivity index (χ1n) is 9.20. The summed E-state index contributed by atoms with van der Waals surface area (Å²) in [5.41, 5.74) is 3.02. The van der Waals surface area contributed by atoms with E-state index < -0.39 is 0 Å². The maximum absolute atomic E-state index is 12.5. The minimum Gasteiger partial charge on any atom is -0.383 e. The average Bonchev–Trinajstić information content (AvgIpc) is 2.71. The number of benzene rings is 2. The van der Waals surface area contributed by atoms with Crippen molar-refractivity contribution in [2.75, 3.05) is 19.0 Å². The Morgan fingerprint density at radius 1 is 1.10 bits per heavy atom. The summed E-state index contributed by atoms with van der Waals surface area (Å²) in [6.07, 6.45) is 0. The van der Waals surface area contributed by atoms with E-state index in [1.807, 2.05) is 24.3 Å². The highest BCUT2D eigenvalue weighted by Gasteiger charge is 2.10. The van der Waals surface area contributed by atoms with Gasteiger partial charge in [0.05, 0.1) is 13.2 Å². The van der Waals surface area contributed by atoms with Crippen LogP contribution in [0.3, 0.4) is 0 Å². The summed E-state index contributed by atoms with van der Waals surface area (Å²) in [6.45, 7) is 4.81. The highest BCUT2D eigenvalue weighted by Crippen LogP contribution is 2.31. The number of carbonyl (C=O) groups is 1. The first-order valence-corrected chi connectivity index (χ1v) is 10.0. The monoisotopic (exact) mass is 409 g/mol. The highest BCUT2D eigenvalue weighted by atomic mass is 32.2. The molecule has 0 unspecified atom stereocenters. The summed E-state index contributed by atoms with van der Waals surface area (Å²) in [4.78, 5) is 26.6. The van der Waals surface area contributed by atoms with Gasteiger partial charge in [0, 0.05) is 28.7 Å². The quantitative estimate of drug-likeness (QED) is 0.640. The number of amides is 1. The maximum Gasteiger partial charge on any atom is 0.276 e. The van der Waals surface area contributed by atoms with E-state index in [9.17, 15) is 9.59 Å². The molecule has 0 fully saturated rings. The van der Waals surface area contributed by atoms with Gasteiger partial charge < -0.3 is 10.1 Å². The van der Waals surface area contributed by atoms with Crippen LogP contribution in [0.15, 0.2) is 69.2 Å². The fourth-order valence-corrected chi connectivity index (χ4v) is 3.65. The first-order chi connectivity index (χ1) is 14.0. The summed E-state index contributed by atoms with van der Waals surface area (Å²) in [5.74, 6) is -0.369. The molecule has 0 aliphatic carbocycles. The van der Waals surface area contributed by atoms with Crippen molar-refractivity contribution < 1.29 is 9.53 Å². The van der Waals surface area contributed by atoms with Crippen LogP contribution in [0.5, 0.6) is 0 Å². The van der Waals surface area contributed by atoms with E-state index in [4.69, 9.17) is 4.74 Å². The number of rotatable bonds is 7. The van der Waals surface area contributed by atoms with Gasteiger partial charge in [-0.15, -0.1) is 0 Å². The number of aryl methyl sites for hydroxylation is 2. The zero-order valence-corrected chi connectivity index (χ0v) is 17.5. The number of aromatic nitrogens is 2. The molecule has 0 bridgehead atoms. The molecule has 150 valence electrons. The molecule has 0 aliphatic rings. The van der Waals surface area contributed by atoms with E-state index in [1.165, 1.54) is 32.8 Å². The molecule has 2 aromatic carbocycles. The molecule has 7 heteroatoms. The fraction of sp³-hybridized carbons (Fsp3) is 0.227. The Labute approximate surface area is 173 Å². The van der Waals surface area contributed by atoms with Gasteiger partial charge in [0.15, 0.2) is 0 Å². The number of methoxy groups -OCH3 is 1. The van der Waals surface area contributed by atoms with Crippen LogP contribution in [0.4, 0.5) is 5.69 Å². The third kappa shape index (κ3) is 5.56. The second kappa shape index (κ2) is 9.54. The smallest absolute Gasteiger partial charge is 0.276 e. The molecule has 0 saturated heterocycles. The van der Waals surface area contributed by atoms with Crippen LogP contribution in [0, 0.1) is 13.8 Å². The van der Waals surface area contributed by atoms with E-state index in [0.29, 0.717) is 18.8 Å². The van der Waals surface area contributed by atoms with Gasteiger partial charge in [-0.2, -0.15) is 5.10 Å². The third-order valence-electron chi connectivity index (χ3n) is 4.29. The highest BCUT2D eigenvalue weighted by molar-refractivity contribution is 7.99. The minimum atomic E-state index is -0.369. The molecule has 3 rings (SSSR count). The van der Waals surface area contributed by atoms with E-state index in [1.54, 1.807) is 18.9 Å². The number of carbonyl (C=O) groups excluding carboxylic acids is 1. The van der Waals surface area contributed by atoms with Crippen LogP contribution in [0.2, 0.25) is 0 Å². The van der Waals surface area contributed by atoms with E-state index in [-0.39, 0.29) is 17.2 Å². The number of ether oxygens (including phenoxy) is 1. The van der Waals surface area contributed by atoms with Crippen molar-refractivity contribution >= 4 is 23.4 Å². The van der Waals surface area contributed by atoms with Crippen molar-refractivity contribution in [3.05, 3.63) is 81.8 Å². The van der Waals surface area contributed by atoms with Gasteiger partial charge in [0.1, 0.15) is 5.69 Å². The number of hydrogen-bond acceptors (Lipinski definition) is 5. The SMILES string of the molecule is COCCn1nc(C(=O)Nc2ccc(Sc3cc(C)ccc3C)cc2)ccc1=O. The largest absolute Gasteiger partial charge is 0.383 e. The number of nitrogens with one attached hydrogen (secondary N) is 1. The Kier molecular flexibility index (Phi) is 6.85. The Balaban J connectivity index is 1.68. The van der Waals surface area contributed by atoms with Gasteiger partial charge in [-0.05, 0) is 61.4 Å². The number of hydrogen-bond donors (Lipinski definition) is 1. The van der Waals surface area contributed by atoms with Crippen molar-refractivity contribution in [1.82, 2.24) is 9.78 Å². The van der Waals surface area contributed by atoms with Crippen molar-refractivity contribution in [2.45, 2.75) is 30.2 Å². The van der Waals surface area contributed by atoms with Crippen LogP contribution >= 0.6 is 11.8 Å². The maximum atomic E-state index is 12.5. The van der Waals surface area contributed by atoms with Gasteiger partial charge >= 0.3 is 0 Å². The van der Waals surface area contributed by atoms with Crippen LogP contribution in [0.1, 0.15) is 21.6 Å². The van der Waals surface area contributed by atoms with E-state index in [0.717, 1.165) is 4.90 Å². The molecule has 0 aliphatic heterocycles. The topological polar surface area (TPSA) is 73.2 Å². The van der Waals surface area contributed by atoms with Crippen molar-refractivity contribution in [3.63, 3.8) is 0 Å². The zero-order chi connectivity index (χ0) is 20.8. The second-order valence-corrected chi connectivity index (χ2v) is 7.74. The molecule has 1 amide bonds. The lowest BCUT2D eigenvalue weighted by atomic mass is 10.2. The Hall–Kier alpha value is -2.90. The molecule has 0 radical (unpaired) electrons. The summed E-state index contributed by atoms with van der Waals surface area (Å²) >= 11 is 1.69. The molecular formula is C22H23N3O3S. The molecule has 1 N–H and O–H groups in total. The van der Waals surface area contributed by atoms with E-state index in [2.05, 4.69) is 42.5 Å². The zero-order valence-electron chi connectivity index (χ0n) is 16.6. The van der Waals surface area contributed by atoms with E-state index >= 15 is 0 Å². The predicted octanol–water partition coefficient (Wildman–Crippen LogP) is 3.91. The Bertz CT molecular complexity index is 1060. The molecule has 6 nitrogen and oxygen atoms in total. The second-order valence-electron chi connectivity index (χ2n) is 6.62. The average molecular weight is 410 g/mol. The standard InChI is InChI=1S/C22H23N3O3S/c1-15-4-5-16(2)20(14-15)29-18-8-6-17(7-9-18)23-22(27)19-10-11-21(26)25(24-19)12-13-28-3/h4-11,14H,12-13H2,1-3H3,(H,23,27). The first kappa shape index (κ1) is 20.8. The molecule has 1 heterocycles. The van der Waals surface area contributed by atoms with Crippen LogP contribution in [-0.4, -0.2) is 29.4 Å². The summed E-state index contributed by atoms with van der Waals surface area (Å²) in [7, 11) is 1.55. The van der Waals surface area contributed by atoms with Crippen LogP contribution in [-0.2, 0) is 11.3 Å². The van der Waals surface area contributed by atoms with Crippen LogP contribution in [0.25, 0.3) is 0 Å². The number of anilines is 1. The predicted molar refractivity (Wildman–Crippen MR) is 115 cm³/mol. The lowest BCUT2D eigenvalue weighted by Crippen LogP contribution is -2.27. The normalized spacial score (nSPS) is 10.7.